The van der Waals surface area contributed by atoms with Crippen molar-refractivity contribution >= 4 is 23.3 Å². The number of pyridine rings is 1. The van der Waals surface area contributed by atoms with E-state index in [0.717, 1.165) is 42.0 Å². The third-order valence-electron chi connectivity index (χ3n) is 6.87. The van der Waals surface area contributed by atoms with Crippen LogP contribution in [0.15, 0.2) is 43.0 Å². The molecule has 0 bridgehead atoms. The zero-order valence-electron chi connectivity index (χ0n) is 19.5. The molecule has 36 heavy (non-hydrogen) atoms. The largest absolute Gasteiger partial charge is 0.356 e. The van der Waals surface area contributed by atoms with Gasteiger partial charge in [0, 0.05) is 37.6 Å². The highest BCUT2D eigenvalue weighted by Crippen LogP contribution is 2.45. The minimum Gasteiger partial charge on any atom is -0.356 e. The van der Waals surface area contributed by atoms with Crippen LogP contribution < -0.4 is 10.2 Å². The molecule has 1 N–H and O–H groups in total. The average Bonchev–Trinajstić information content (AvgIpc) is 3.32. The van der Waals surface area contributed by atoms with Gasteiger partial charge in [0.1, 0.15) is 18.0 Å². The van der Waals surface area contributed by atoms with Gasteiger partial charge in [-0.25, -0.2) is 14.1 Å². The predicted molar refractivity (Wildman–Crippen MR) is 129 cm³/mol. The first kappa shape index (κ1) is 22.6. The highest BCUT2D eigenvalue weighted by molar-refractivity contribution is 6.30. The Morgan fingerprint density at radius 1 is 1.22 bits per heavy atom. The lowest BCUT2D eigenvalue weighted by atomic mass is 10.1. The summed E-state index contributed by atoms with van der Waals surface area (Å²) in [4.78, 5) is 20.0. The van der Waals surface area contributed by atoms with E-state index in [1.165, 1.54) is 35.8 Å². The maximum Gasteiger partial charge on any atom is 0.254 e. The number of rotatable bonds is 7. The molecule has 2 fully saturated rings. The monoisotopic (exact) mass is 507 g/mol. The van der Waals surface area contributed by atoms with Crippen LogP contribution in [0.1, 0.15) is 33.6 Å². The molecule has 1 aliphatic heterocycles. The number of tetrazole rings is 1. The normalized spacial score (nSPS) is 18.4. The van der Waals surface area contributed by atoms with Gasteiger partial charge in [-0.15, -0.1) is 5.10 Å². The van der Waals surface area contributed by atoms with Gasteiger partial charge in [-0.3, -0.25) is 9.48 Å². The van der Waals surface area contributed by atoms with Crippen molar-refractivity contribution in [3.05, 3.63) is 76.2 Å². The van der Waals surface area contributed by atoms with E-state index in [-0.39, 0.29) is 17.5 Å². The van der Waals surface area contributed by atoms with Crippen LogP contribution in [0.25, 0.3) is 5.69 Å². The second-order valence-electron chi connectivity index (χ2n) is 9.33. The highest BCUT2D eigenvalue weighted by atomic mass is 35.5. The second kappa shape index (κ2) is 8.98. The molecule has 0 spiro atoms. The number of piperidine rings is 1. The summed E-state index contributed by atoms with van der Waals surface area (Å²) in [6.07, 6.45) is 5.91. The number of amides is 1. The molecule has 1 aromatic carbocycles. The molecule has 1 aliphatic carbocycles. The lowest BCUT2D eigenvalue weighted by Crippen LogP contribution is -2.23. The summed E-state index contributed by atoms with van der Waals surface area (Å²) in [6.45, 7) is 4.82. The number of carbonyl (C=O) groups excluding carboxylic acids is 1. The number of halogens is 2. The molecule has 1 amide bonds. The number of nitrogens with one attached hydrogen (secondary N) is 1. The summed E-state index contributed by atoms with van der Waals surface area (Å²) < 4.78 is 17.0. The molecule has 6 rings (SSSR count). The number of nitrogens with zero attached hydrogens (tertiary/aromatic N) is 8. The van der Waals surface area contributed by atoms with E-state index >= 15 is 0 Å². The van der Waals surface area contributed by atoms with E-state index in [1.807, 2.05) is 6.92 Å². The molecule has 1 saturated heterocycles. The molecule has 4 heterocycles. The summed E-state index contributed by atoms with van der Waals surface area (Å²) in [5, 5.41) is 18.1. The number of hydrogen-bond donors (Lipinski definition) is 1. The third kappa shape index (κ3) is 4.41. The molecule has 12 heteroatoms. The van der Waals surface area contributed by atoms with Gasteiger partial charge in [-0.2, -0.15) is 5.10 Å². The van der Waals surface area contributed by atoms with Crippen LogP contribution in [-0.4, -0.2) is 54.0 Å². The van der Waals surface area contributed by atoms with Crippen LogP contribution in [-0.2, 0) is 13.1 Å². The van der Waals surface area contributed by atoms with Crippen molar-refractivity contribution in [3.63, 3.8) is 0 Å². The van der Waals surface area contributed by atoms with Gasteiger partial charge in [-0.05, 0) is 58.9 Å². The summed E-state index contributed by atoms with van der Waals surface area (Å²) >= 11 is 5.96. The molecule has 4 aromatic rings. The van der Waals surface area contributed by atoms with E-state index in [2.05, 4.69) is 43.0 Å². The lowest BCUT2D eigenvalue weighted by molar-refractivity contribution is 0.0951. The lowest BCUT2D eigenvalue weighted by Gasteiger charge is -2.20. The Kier molecular flexibility index (Phi) is 5.63. The van der Waals surface area contributed by atoms with E-state index < -0.39 is 5.82 Å². The van der Waals surface area contributed by atoms with Crippen molar-refractivity contribution in [2.45, 2.75) is 26.4 Å². The molecule has 3 aromatic heterocycles. The number of hydrogen-bond acceptors (Lipinski definition) is 7. The van der Waals surface area contributed by atoms with Gasteiger partial charge >= 0.3 is 0 Å². The smallest absolute Gasteiger partial charge is 0.254 e. The first-order valence-corrected chi connectivity index (χ1v) is 12.1. The molecule has 2 aliphatic rings. The Morgan fingerprint density at radius 2 is 2.06 bits per heavy atom. The average molecular weight is 508 g/mol. The summed E-state index contributed by atoms with van der Waals surface area (Å²) in [5.74, 6) is 1.82. The minimum absolute atomic E-state index is 0.0552. The van der Waals surface area contributed by atoms with Crippen LogP contribution in [0.4, 0.5) is 10.2 Å². The number of anilines is 1. The Morgan fingerprint density at radius 3 is 2.81 bits per heavy atom. The molecule has 1 saturated carbocycles. The number of aryl methyl sites for hydroxylation is 1. The van der Waals surface area contributed by atoms with E-state index in [1.54, 1.807) is 10.9 Å². The summed E-state index contributed by atoms with van der Waals surface area (Å²) in [5.41, 5.74) is 3.36. The topological polar surface area (TPSA) is 107 Å². The van der Waals surface area contributed by atoms with Crippen LogP contribution in [0.3, 0.4) is 0 Å². The summed E-state index contributed by atoms with van der Waals surface area (Å²) in [7, 11) is 0. The van der Waals surface area contributed by atoms with Crippen molar-refractivity contribution in [2.24, 2.45) is 11.8 Å². The summed E-state index contributed by atoms with van der Waals surface area (Å²) in [6, 6.07) is 6.83. The number of aromatic nitrogens is 7. The van der Waals surface area contributed by atoms with E-state index in [0.29, 0.717) is 23.4 Å². The molecular formula is C24H23ClFN9O. The van der Waals surface area contributed by atoms with Gasteiger partial charge in [0.05, 0.1) is 29.0 Å². The van der Waals surface area contributed by atoms with Crippen molar-refractivity contribution in [2.75, 3.05) is 18.0 Å². The highest BCUT2D eigenvalue weighted by Gasteiger charge is 2.45. The fourth-order valence-electron chi connectivity index (χ4n) is 4.73. The first-order chi connectivity index (χ1) is 17.4. The van der Waals surface area contributed by atoms with Crippen LogP contribution >= 0.6 is 11.6 Å². The standard InChI is InChI=1S/C24H23ClFN9O/c1-14-15(2-3-23(30-14)33-9-17-4-18(17)10-33)11-34-12-19(8-29-34)24(36)27-7-16-5-20(25)21(26)6-22(16)35-13-28-31-32-35/h2-3,5-6,8,12-13,17-18H,4,7,9-11H2,1H3,(H,27,36). The Balaban J connectivity index is 1.11. The number of benzene rings is 1. The number of fused-ring (bicyclic) bond motifs is 1. The Bertz CT molecular complexity index is 1430. The zero-order valence-corrected chi connectivity index (χ0v) is 20.2. The van der Waals surface area contributed by atoms with Gasteiger partial charge in [0.2, 0.25) is 0 Å². The quantitative estimate of drug-likeness (QED) is 0.410. The van der Waals surface area contributed by atoms with Crippen molar-refractivity contribution < 1.29 is 9.18 Å². The molecular weight excluding hydrogens is 485 g/mol. The second-order valence-corrected chi connectivity index (χ2v) is 9.74. The minimum atomic E-state index is -0.603. The van der Waals surface area contributed by atoms with Gasteiger partial charge in [-0.1, -0.05) is 17.7 Å². The Hall–Kier alpha value is -3.86. The molecule has 10 nitrogen and oxygen atoms in total. The van der Waals surface area contributed by atoms with Gasteiger partial charge in [0.25, 0.3) is 5.91 Å². The van der Waals surface area contributed by atoms with Crippen molar-refractivity contribution in [1.82, 2.24) is 40.3 Å². The van der Waals surface area contributed by atoms with Crippen molar-refractivity contribution in [3.8, 4) is 5.69 Å². The number of carbonyl (C=O) groups is 1. The van der Waals surface area contributed by atoms with Crippen LogP contribution in [0.5, 0.6) is 0 Å². The van der Waals surface area contributed by atoms with E-state index in [4.69, 9.17) is 16.6 Å². The maximum absolute atomic E-state index is 14.0. The first-order valence-electron chi connectivity index (χ1n) is 11.7. The molecule has 184 valence electrons. The van der Waals surface area contributed by atoms with Crippen LogP contribution in [0, 0.1) is 24.6 Å². The fourth-order valence-corrected chi connectivity index (χ4v) is 4.91. The fraction of sp³-hybridized carbons (Fsp3) is 0.333. The van der Waals surface area contributed by atoms with Gasteiger partial charge < -0.3 is 10.2 Å². The van der Waals surface area contributed by atoms with Crippen molar-refractivity contribution in [1.29, 1.82) is 0 Å². The maximum atomic E-state index is 14.0. The molecule has 2 unspecified atom stereocenters. The Labute approximate surface area is 211 Å². The molecule has 0 radical (unpaired) electrons. The molecule has 2 atom stereocenters. The van der Waals surface area contributed by atoms with Gasteiger partial charge in [0.15, 0.2) is 0 Å². The third-order valence-corrected chi connectivity index (χ3v) is 7.16. The van der Waals surface area contributed by atoms with Crippen LogP contribution in [0.2, 0.25) is 5.02 Å². The SMILES string of the molecule is Cc1nc(N2CC3CC3C2)ccc1Cn1cc(C(=O)NCc2cc(Cl)c(F)cc2-n2cnnn2)cn1. The zero-order chi connectivity index (χ0) is 24.8. The van der Waals surface area contributed by atoms with E-state index in [9.17, 15) is 9.18 Å². The predicted octanol–water partition coefficient (Wildman–Crippen LogP) is 2.79.